The Morgan fingerprint density at radius 3 is 1.50 bits per heavy atom. The van der Waals surface area contributed by atoms with Crippen LogP contribution in [0.15, 0.2) is 12.2 Å². The van der Waals surface area contributed by atoms with Crippen LogP contribution < -0.4 is 0 Å². The van der Waals surface area contributed by atoms with E-state index in [9.17, 15) is 44.7 Å². The lowest BCUT2D eigenvalue weighted by atomic mass is 9.82. The fraction of sp³-hybridized carbons (Fsp3) is 0.667. The molecule has 0 aliphatic heterocycles. The first-order valence-corrected chi connectivity index (χ1v) is 6.16. The zero-order valence-electron chi connectivity index (χ0n) is 11.9. The van der Waals surface area contributed by atoms with Gasteiger partial charge < -0.3 is 9.84 Å². The van der Waals surface area contributed by atoms with Gasteiger partial charge in [-0.05, 0) is 0 Å². The van der Waals surface area contributed by atoms with Gasteiger partial charge in [0.2, 0.25) is 0 Å². The molecule has 0 heterocycles. The molecule has 0 amide bonds. The highest BCUT2D eigenvalue weighted by Gasteiger charge is 3.01. The van der Waals surface area contributed by atoms with Crippen LogP contribution in [-0.2, 0) is 14.3 Å². The Morgan fingerprint density at radius 2 is 1.21 bits per heavy atom. The van der Waals surface area contributed by atoms with Crippen molar-refractivity contribution in [1.29, 1.82) is 0 Å². The van der Waals surface area contributed by atoms with Crippen molar-refractivity contribution >= 4 is 11.9 Å². The maximum absolute atomic E-state index is 13.9. The SMILES string of the molecule is CC(C)C1(OC(=O)/C=C\C(=O)O)C(F)(F)C(F)(F)C(F)(F)C1(F)F. The molecule has 0 bridgehead atoms. The van der Waals surface area contributed by atoms with Crippen LogP contribution in [0.25, 0.3) is 0 Å². The van der Waals surface area contributed by atoms with Gasteiger partial charge in [-0.3, -0.25) is 0 Å². The van der Waals surface area contributed by atoms with E-state index >= 15 is 0 Å². The highest BCUT2D eigenvalue weighted by Crippen LogP contribution is 2.70. The molecule has 1 fully saturated rings. The van der Waals surface area contributed by atoms with E-state index in [1.807, 2.05) is 0 Å². The molecule has 138 valence electrons. The Hall–Kier alpha value is -1.88. The second-order valence-electron chi connectivity index (χ2n) is 5.28. The second-order valence-corrected chi connectivity index (χ2v) is 5.28. The van der Waals surface area contributed by atoms with Crippen molar-refractivity contribution in [3.8, 4) is 0 Å². The first-order chi connectivity index (χ1) is 10.5. The average molecular weight is 370 g/mol. The quantitative estimate of drug-likeness (QED) is 0.469. The lowest BCUT2D eigenvalue weighted by molar-refractivity contribution is -0.303. The smallest absolute Gasteiger partial charge is 0.382 e. The molecule has 0 atom stereocenters. The third-order valence-corrected chi connectivity index (χ3v) is 3.55. The van der Waals surface area contributed by atoms with Crippen molar-refractivity contribution in [2.24, 2.45) is 5.92 Å². The summed E-state index contributed by atoms with van der Waals surface area (Å²) in [6, 6.07) is 0. The molecule has 4 nitrogen and oxygen atoms in total. The van der Waals surface area contributed by atoms with E-state index in [4.69, 9.17) is 5.11 Å². The largest absolute Gasteiger partial charge is 0.478 e. The number of rotatable bonds is 4. The van der Waals surface area contributed by atoms with Crippen LogP contribution in [0.5, 0.6) is 0 Å². The number of aliphatic carboxylic acids is 1. The summed E-state index contributed by atoms with van der Waals surface area (Å²) in [5, 5.41) is 8.24. The Kier molecular flexibility index (Phi) is 4.46. The lowest BCUT2D eigenvalue weighted by Crippen LogP contribution is -2.64. The van der Waals surface area contributed by atoms with Gasteiger partial charge in [-0.25, -0.2) is 9.59 Å². The Bertz CT molecular complexity index is 556. The summed E-state index contributed by atoms with van der Waals surface area (Å²) < 4.78 is 113. The molecule has 24 heavy (non-hydrogen) atoms. The molecule has 0 radical (unpaired) electrons. The Morgan fingerprint density at radius 1 is 0.833 bits per heavy atom. The molecule has 12 heteroatoms. The molecular formula is C12H10F8O4. The lowest BCUT2D eigenvalue weighted by Gasteiger charge is -2.40. The number of carboxylic acids is 1. The number of hydrogen-bond acceptors (Lipinski definition) is 3. The number of hydrogen-bond donors (Lipinski definition) is 1. The predicted octanol–water partition coefficient (Wildman–Crippen LogP) is 3.12. The normalized spacial score (nSPS) is 25.8. The van der Waals surface area contributed by atoms with Crippen LogP contribution in [0.1, 0.15) is 13.8 Å². The summed E-state index contributed by atoms with van der Waals surface area (Å²) in [5.41, 5.74) is -4.90. The monoisotopic (exact) mass is 370 g/mol. The zero-order valence-corrected chi connectivity index (χ0v) is 11.9. The van der Waals surface area contributed by atoms with Gasteiger partial charge in [0.15, 0.2) is 0 Å². The van der Waals surface area contributed by atoms with Gasteiger partial charge in [0.1, 0.15) is 0 Å². The standard InChI is InChI=1S/C12H10F8O4/c1-5(2)8(24-7(23)4-3-6(21)22)9(13,14)11(17,18)12(19,20)10(8,15)16/h3-5H,1-2H3,(H,21,22)/b4-3-. The van der Waals surface area contributed by atoms with Gasteiger partial charge >= 0.3 is 35.6 Å². The topological polar surface area (TPSA) is 63.6 Å². The minimum Gasteiger partial charge on any atom is -0.478 e. The number of carbonyl (C=O) groups excluding carboxylic acids is 1. The first-order valence-electron chi connectivity index (χ1n) is 6.16. The van der Waals surface area contributed by atoms with Crippen LogP contribution in [0, 0.1) is 5.92 Å². The van der Waals surface area contributed by atoms with Gasteiger partial charge in [0, 0.05) is 18.1 Å². The number of carboxylic acid groups (broad SMARTS) is 1. The van der Waals surface area contributed by atoms with Crippen LogP contribution >= 0.6 is 0 Å². The van der Waals surface area contributed by atoms with Crippen molar-refractivity contribution in [3.63, 3.8) is 0 Å². The molecule has 0 spiro atoms. The van der Waals surface area contributed by atoms with Crippen LogP contribution in [0.3, 0.4) is 0 Å². The summed E-state index contributed by atoms with van der Waals surface area (Å²) in [6.45, 7) is 0.904. The summed E-state index contributed by atoms with van der Waals surface area (Å²) in [6.07, 6.45) is -0.175. The molecule has 0 saturated heterocycles. The van der Waals surface area contributed by atoms with Crippen molar-refractivity contribution in [1.82, 2.24) is 0 Å². The number of esters is 1. The van der Waals surface area contributed by atoms with Crippen molar-refractivity contribution in [2.75, 3.05) is 0 Å². The molecule has 0 aromatic carbocycles. The van der Waals surface area contributed by atoms with E-state index in [2.05, 4.69) is 4.74 Å². The predicted molar refractivity (Wildman–Crippen MR) is 60.2 cm³/mol. The molecule has 1 aliphatic carbocycles. The fourth-order valence-electron chi connectivity index (χ4n) is 2.36. The molecule has 0 aromatic rings. The molecule has 0 unspecified atom stereocenters. The molecule has 1 aliphatic rings. The van der Waals surface area contributed by atoms with E-state index < -0.39 is 47.1 Å². The van der Waals surface area contributed by atoms with Gasteiger partial charge in [0.25, 0.3) is 5.60 Å². The molecule has 0 aromatic heterocycles. The number of ether oxygens (including phenoxy) is 1. The van der Waals surface area contributed by atoms with Crippen molar-refractivity contribution in [2.45, 2.75) is 43.1 Å². The van der Waals surface area contributed by atoms with Crippen LogP contribution in [0.4, 0.5) is 35.1 Å². The number of carbonyl (C=O) groups is 2. The average Bonchev–Trinajstić information content (AvgIpc) is 2.45. The highest BCUT2D eigenvalue weighted by molar-refractivity contribution is 5.91. The molecule has 1 rings (SSSR count). The van der Waals surface area contributed by atoms with E-state index in [0.29, 0.717) is 13.8 Å². The number of alkyl halides is 8. The molecular weight excluding hydrogens is 360 g/mol. The first kappa shape index (κ1) is 20.2. The third kappa shape index (κ3) is 2.10. The van der Waals surface area contributed by atoms with Crippen LogP contribution in [0.2, 0.25) is 0 Å². The summed E-state index contributed by atoms with van der Waals surface area (Å²) in [4.78, 5) is 21.5. The highest BCUT2D eigenvalue weighted by atomic mass is 19.4. The summed E-state index contributed by atoms with van der Waals surface area (Å²) in [5.74, 6) is -31.8. The zero-order chi connectivity index (χ0) is 19.4. The maximum Gasteiger partial charge on any atom is 0.382 e. The van der Waals surface area contributed by atoms with Gasteiger partial charge in [0.05, 0.1) is 0 Å². The van der Waals surface area contributed by atoms with E-state index in [1.165, 1.54) is 0 Å². The minimum atomic E-state index is -6.52. The van der Waals surface area contributed by atoms with Crippen molar-refractivity contribution in [3.05, 3.63) is 12.2 Å². The van der Waals surface area contributed by atoms with Gasteiger partial charge in [-0.1, -0.05) is 13.8 Å². The number of halogens is 8. The van der Waals surface area contributed by atoms with E-state index in [-0.39, 0.29) is 12.2 Å². The maximum atomic E-state index is 13.9. The van der Waals surface area contributed by atoms with Crippen molar-refractivity contribution < 1.29 is 54.6 Å². The summed E-state index contributed by atoms with van der Waals surface area (Å²) in [7, 11) is 0. The van der Waals surface area contributed by atoms with E-state index in [0.717, 1.165) is 0 Å². The third-order valence-electron chi connectivity index (χ3n) is 3.55. The fourth-order valence-corrected chi connectivity index (χ4v) is 2.36. The van der Waals surface area contributed by atoms with Crippen LogP contribution in [-0.4, -0.2) is 46.3 Å². The summed E-state index contributed by atoms with van der Waals surface area (Å²) >= 11 is 0. The second kappa shape index (κ2) is 5.31. The van der Waals surface area contributed by atoms with Gasteiger partial charge in [-0.2, -0.15) is 35.1 Å². The Balaban J connectivity index is 3.61. The Labute approximate surface area is 129 Å². The molecule has 1 N–H and O–H groups in total. The molecule has 1 saturated carbocycles. The minimum absolute atomic E-state index is 0.0299. The van der Waals surface area contributed by atoms with Gasteiger partial charge in [-0.15, -0.1) is 0 Å². The van der Waals surface area contributed by atoms with E-state index in [1.54, 1.807) is 0 Å².